The van der Waals surface area contributed by atoms with E-state index in [9.17, 15) is 0 Å². The number of anilines is 1. The summed E-state index contributed by atoms with van der Waals surface area (Å²) in [6.07, 6.45) is 0. The summed E-state index contributed by atoms with van der Waals surface area (Å²) in [5.41, 5.74) is 6.28. The summed E-state index contributed by atoms with van der Waals surface area (Å²) in [5, 5.41) is 0. The van der Waals surface area contributed by atoms with E-state index in [4.69, 9.17) is 9.92 Å². The zero-order valence-electron chi connectivity index (χ0n) is 6.41. The van der Waals surface area contributed by atoms with Gasteiger partial charge in [-0.15, -0.1) is 0 Å². The molecular formula is C8H11NOS. The van der Waals surface area contributed by atoms with Gasteiger partial charge in [0.05, 0.1) is 12.0 Å². The van der Waals surface area contributed by atoms with Crippen LogP contribution < -0.4 is 9.92 Å². The van der Waals surface area contributed by atoms with Crippen LogP contribution >= 0.6 is 12.0 Å². The summed E-state index contributed by atoms with van der Waals surface area (Å²) < 4.78 is 5.27. The normalized spacial score (nSPS) is 9.55. The van der Waals surface area contributed by atoms with Gasteiger partial charge in [0, 0.05) is 17.5 Å². The number of nitrogen functional groups attached to an aromatic ring is 1. The van der Waals surface area contributed by atoms with Gasteiger partial charge in [-0.1, -0.05) is 13.0 Å². The second kappa shape index (κ2) is 4.13. The van der Waals surface area contributed by atoms with Gasteiger partial charge in [0.15, 0.2) is 0 Å². The number of nitrogens with two attached hydrogens (primary N) is 1. The van der Waals surface area contributed by atoms with Gasteiger partial charge < -0.3 is 9.92 Å². The predicted molar refractivity (Wildman–Crippen MR) is 49.6 cm³/mol. The third-order valence-electron chi connectivity index (χ3n) is 1.13. The average molecular weight is 169 g/mol. The lowest BCUT2D eigenvalue weighted by Crippen LogP contribution is -1.86. The third kappa shape index (κ3) is 2.72. The SMILES string of the molecule is CCSOc1cccc(N)c1. The van der Waals surface area contributed by atoms with Crippen molar-refractivity contribution in [3.05, 3.63) is 24.3 Å². The number of hydrogen-bond acceptors (Lipinski definition) is 3. The van der Waals surface area contributed by atoms with Crippen LogP contribution in [-0.4, -0.2) is 5.75 Å². The van der Waals surface area contributed by atoms with Crippen LogP contribution in [0.25, 0.3) is 0 Å². The topological polar surface area (TPSA) is 35.2 Å². The fraction of sp³-hybridized carbons (Fsp3) is 0.250. The molecule has 11 heavy (non-hydrogen) atoms. The molecule has 0 amide bonds. The second-order valence-corrected chi connectivity index (χ2v) is 3.04. The maximum Gasteiger partial charge on any atom is 0.139 e. The van der Waals surface area contributed by atoms with Crippen molar-refractivity contribution in [2.24, 2.45) is 0 Å². The highest BCUT2D eigenvalue weighted by molar-refractivity contribution is 7.94. The molecule has 1 aromatic rings. The van der Waals surface area contributed by atoms with E-state index in [-0.39, 0.29) is 0 Å². The quantitative estimate of drug-likeness (QED) is 0.557. The zero-order chi connectivity index (χ0) is 8.10. The molecular weight excluding hydrogens is 158 g/mol. The van der Waals surface area contributed by atoms with Crippen LogP contribution in [-0.2, 0) is 0 Å². The van der Waals surface area contributed by atoms with Gasteiger partial charge in [0.25, 0.3) is 0 Å². The summed E-state index contributed by atoms with van der Waals surface area (Å²) in [6.45, 7) is 2.04. The van der Waals surface area contributed by atoms with Crippen molar-refractivity contribution in [2.75, 3.05) is 11.5 Å². The highest BCUT2D eigenvalue weighted by Crippen LogP contribution is 2.18. The Morgan fingerprint density at radius 3 is 3.00 bits per heavy atom. The fourth-order valence-electron chi connectivity index (χ4n) is 0.693. The van der Waals surface area contributed by atoms with Crippen molar-refractivity contribution in [2.45, 2.75) is 6.92 Å². The van der Waals surface area contributed by atoms with Gasteiger partial charge in [0.2, 0.25) is 0 Å². The van der Waals surface area contributed by atoms with Crippen molar-refractivity contribution in [3.8, 4) is 5.75 Å². The summed E-state index contributed by atoms with van der Waals surface area (Å²) >= 11 is 1.41. The first-order chi connectivity index (χ1) is 5.33. The first-order valence-electron chi connectivity index (χ1n) is 3.48. The van der Waals surface area contributed by atoms with Gasteiger partial charge in [-0.25, -0.2) is 0 Å². The third-order valence-corrected chi connectivity index (χ3v) is 1.68. The van der Waals surface area contributed by atoms with Gasteiger partial charge in [-0.05, 0) is 12.1 Å². The summed E-state index contributed by atoms with van der Waals surface area (Å²) in [7, 11) is 0. The van der Waals surface area contributed by atoms with Crippen LogP contribution in [0, 0.1) is 0 Å². The molecule has 0 aliphatic heterocycles. The van der Waals surface area contributed by atoms with Crippen LogP contribution in [0.4, 0.5) is 5.69 Å². The zero-order valence-corrected chi connectivity index (χ0v) is 7.23. The molecule has 0 fully saturated rings. The van der Waals surface area contributed by atoms with Crippen LogP contribution in [0.15, 0.2) is 24.3 Å². The summed E-state index contributed by atoms with van der Waals surface area (Å²) in [4.78, 5) is 0. The van der Waals surface area contributed by atoms with Crippen LogP contribution in [0.3, 0.4) is 0 Å². The average Bonchev–Trinajstić information content (AvgIpc) is 2.01. The minimum absolute atomic E-state index is 0.735. The van der Waals surface area contributed by atoms with E-state index in [1.807, 2.05) is 31.2 Å². The molecule has 0 bridgehead atoms. The largest absolute Gasteiger partial charge is 0.426 e. The lowest BCUT2D eigenvalue weighted by Gasteiger charge is -2.01. The van der Waals surface area contributed by atoms with Crippen LogP contribution in [0.2, 0.25) is 0 Å². The molecule has 2 N–H and O–H groups in total. The van der Waals surface area contributed by atoms with Crippen molar-refractivity contribution in [1.82, 2.24) is 0 Å². The Morgan fingerprint density at radius 1 is 1.55 bits per heavy atom. The molecule has 0 atom stereocenters. The lowest BCUT2D eigenvalue weighted by atomic mass is 10.3. The molecule has 3 heteroatoms. The van der Waals surface area contributed by atoms with E-state index in [0.29, 0.717) is 0 Å². The van der Waals surface area contributed by atoms with E-state index in [0.717, 1.165) is 17.2 Å². The van der Waals surface area contributed by atoms with E-state index < -0.39 is 0 Å². The number of rotatable bonds is 3. The molecule has 0 unspecified atom stereocenters. The van der Waals surface area contributed by atoms with Crippen molar-refractivity contribution < 1.29 is 4.18 Å². The van der Waals surface area contributed by atoms with Crippen LogP contribution in [0.5, 0.6) is 5.75 Å². The molecule has 0 saturated heterocycles. The molecule has 0 aromatic heterocycles. The monoisotopic (exact) mass is 169 g/mol. The first-order valence-corrected chi connectivity index (χ1v) is 4.39. The van der Waals surface area contributed by atoms with Crippen LogP contribution in [0.1, 0.15) is 6.92 Å². The Kier molecular flexibility index (Phi) is 3.11. The van der Waals surface area contributed by atoms with Crippen molar-refractivity contribution >= 4 is 17.7 Å². The predicted octanol–water partition coefficient (Wildman–Crippen LogP) is 2.32. The Bertz CT molecular complexity index is 227. The highest BCUT2D eigenvalue weighted by atomic mass is 32.2. The molecule has 0 heterocycles. The number of benzene rings is 1. The maximum absolute atomic E-state index is 5.54. The maximum atomic E-state index is 5.54. The van der Waals surface area contributed by atoms with E-state index in [1.54, 1.807) is 0 Å². The molecule has 0 saturated carbocycles. The fourth-order valence-corrected chi connectivity index (χ4v) is 1.05. The molecule has 0 spiro atoms. The Hall–Kier alpha value is -0.830. The first kappa shape index (κ1) is 8.27. The minimum Gasteiger partial charge on any atom is -0.426 e. The Balaban J connectivity index is 2.56. The Labute approximate surface area is 70.9 Å². The number of hydrogen-bond donors (Lipinski definition) is 1. The van der Waals surface area contributed by atoms with E-state index >= 15 is 0 Å². The summed E-state index contributed by atoms with van der Waals surface area (Å²) in [5.74, 6) is 1.76. The highest BCUT2D eigenvalue weighted by Gasteiger charge is 1.92. The second-order valence-electron chi connectivity index (χ2n) is 2.06. The van der Waals surface area contributed by atoms with E-state index in [1.165, 1.54) is 12.0 Å². The Morgan fingerprint density at radius 2 is 2.36 bits per heavy atom. The molecule has 1 aromatic carbocycles. The van der Waals surface area contributed by atoms with Gasteiger partial charge in [-0.2, -0.15) is 0 Å². The van der Waals surface area contributed by atoms with Gasteiger partial charge in [0.1, 0.15) is 5.75 Å². The molecule has 1 rings (SSSR count). The smallest absolute Gasteiger partial charge is 0.139 e. The minimum atomic E-state index is 0.735. The molecule has 0 aliphatic carbocycles. The van der Waals surface area contributed by atoms with Crippen molar-refractivity contribution in [3.63, 3.8) is 0 Å². The molecule has 60 valence electrons. The van der Waals surface area contributed by atoms with E-state index in [2.05, 4.69) is 0 Å². The summed E-state index contributed by atoms with van der Waals surface area (Å²) in [6, 6.07) is 7.41. The lowest BCUT2D eigenvalue weighted by molar-refractivity contribution is 0.647. The molecule has 0 aliphatic rings. The van der Waals surface area contributed by atoms with Gasteiger partial charge in [-0.3, -0.25) is 0 Å². The molecule has 2 nitrogen and oxygen atoms in total. The van der Waals surface area contributed by atoms with Gasteiger partial charge >= 0.3 is 0 Å². The van der Waals surface area contributed by atoms with Crippen molar-refractivity contribution in [1.29, 1.82) is 0 Å². The standard InChI is InChI=1S/C8H11NOS/c1-2-11-10-8-5-3-4-7(9)6-8/h3-6H,2,9H2,1H3. The molecule has 0 radical (unpaired) electrons.